The standard InChI is InChI=1S/C17H28O8S4/c1-17(2,3)4-10(23-13(19)7-27)16(25-15(21)9-29)11(24-14(20)8-28)5-22-12(18)6-26/h10-11,16,26-29H,4-9H2,1-3H3/t10?,11-,16+/m1/s1. The molecule has 0 saturated carbocycles. The summed E-state index contributed by atoms with van der Waals surface area (Å²) in [6, 6.07) is 0. The van der Waals surface area contributed by atoms with Crippen molar-refractivity contribution in [1.29, 1.82) is 0 Å². The first kappa shape index (κ1) is 28.3. The molecule has 1 unspecified atom stereocenters. The zero-order chi connectivity index (χ0) is 22.6. The van der Waals surface area contributed by atoms with E-state index < -0.39 is 48.8 Å². The average molecular weight is 489 g/mol. The maximum absolute atomic E-state index is 12.0. The third kappa shape index (κ3) is 12.5. The topological polar surface area (TPSA) is 105 Å². The van der Waals surface area contributed by atoms with Crippen molar-refractivity contribution >= 4 is 74.4 Å². The van der Waals surface area contributed by atoms with E-state index >= 15 is 0 Å². The molecule has 0 radical (unpaired) electrons. The van der Waals surface area contributed by atoms with Crippen LogP contribution in [0.5, 0.6) is 0 Å². The van der Waals surface area contributed by atoms with Gasteiger partial charge in [0.25, 0.3) is 0 Å². The Morgan fingerprint density at radius 1 is 0.690 bits per heavy atom. The SMILES string of the molecule is CC(C)(C)CC(OC(=O)CS)[C@H](OC(=O)CS)[C@@H](COC(=O)CS)OC(=O)CS. The minimum Gasteiger partial charge on any atom is -0.461 e. The van der Waals surface area contributed by atoms with Crippen LogP contribution in [0.3, 0.4) is 0 Å². The summed E-state index contributed by atoms with van der Waals surface area (Å²) in [6.45, 7) is 5.24. The molecule has 0 aromatic heterocycles. The van der Waals surface area contributed by atoms with E-state index in [0.717, 1.165) is 0 Å². The second-order valence-electron chi connectivity index (χ2n) is 7.09. The maximum atomic E-state index is 12.0. The number of rotatable bonds is 12. The van der Waals surface area contributed by atoms with Crippen molar-refractivity contribution in [3.63, 3.8) is 0 Å². The fraction of sp³-hybridized carbons (Fsp3) is 0.765. The van der Waals surface area contributed by atoms with Crippen LogP contribution in [0.15, 0.2) is 0 Å². The largest absolute Gasteiger partial charge is 0.461 e. The van der Waals surface area contributed by atoms with Gasteiger partial charge in [0.2, 0.25) is 0 Å². The van der Waals surface area contributed by atoms with E-state index in [4.69, 9.17) is 18.9 Å². The van der Waals surface area contributed by atoms with Gasteiger partial charge >= 0.3 is 23.9 Å². The van der Waals surface area contributed by atoms with E-state index in [1.54, 1.807) is 0 Å². The smallest absolute Gasteiger partial charge is 0.316 e. The van der Waals surface area contributed by atoms with Gasteiger partial charge in [0.15, 0.2) is 12.2 Å². The number of ether oxygens (including phenoxy) is 4. The lowest BCUT2D eigenvalue weighted by molar-refractivity contribution is -0.190. The molecule has 168 valence electrons. The first-order valence-corrected chi connectivity index (χ1v) is 11.2. The third-order valence-corrected chi connectivity index (χ3v) is 4.34. The molecule has 0 fully saturated rings. The van der Waals surface area contributed by atoms with E-state index in [1.165, 1.54) is 0 Å². The second kappa shape index (κ2) is 14.3. The molecule has 0 aromatic rings. The van der Waals surface area contributed by atoms with Crippen molar-refractivity contribution in [3.05, 3.63) is 0 Å². The van der Waals surface area contributed by atoms with E-state index in [1.807, 2.05) is 20.8 Å². The van der Waals surface area contributed by atoms with E-state index in [2.05, 4.69) is 50.5 Å². The van der Waals surface area contributed by atoms with Crippen LogP contribution in [0.25, 0.3) is 0 Å². The molecule has 3 atom stereocenters. The number of hydrogen-bond acceptors (Lipinski definition) is 12. The van der Waals surface area contributed by atoms with Gasteiger partial charge < -0.3 is 18.9 Å². The van der Waals surface area contributed by atoms with E-state index in [0.29, 0.717) is 0 Å². The van der Waals surface area contributed by atoms with Gasteiger partial charge in [0.05, 0.1) is 23.0 Å². The number of esters is 4. The van der Waals surface area contributed by atoms with Gasteiger partial charge in [-0.3, -0.25) is 19.2 Å². The normalized spacial score (nSPS) is 14.3. The Morgan fingerprint density at radius 2 is 1.10 bits per heavy atom. The zero-order valence-electron chi connectivity index (χ0n) is 16.5. The molecule has 0 spiro atoms. The van der Waals surface area contributed by atoms with Crippen LogP contribution in [0.1, 0.15) is 27.2 Å². The summed E-state index contributed by atoms with van der Waals surface area (Å²) in [5.74, 6) is -3.71. The molecular formula is C17H28O8S4. The molecule has 0 bridgehead atoms. The first-order chi connectivity index (χ1) is 13.5. The summed E-state index contributed by atoms with van der Waals surface area (Å²) in [5.41, 5.74) is -0.354. The fourth-order valence-electron chi connectivity index (χ4n) is 2.24. The molecule has 0 aliphatic heterocycles. The highest BCUT2D eigenvalue weighted by Crippen LogP contribution is 2.28. The van der Waals surface area contributed by atoms with Gasteiger partial charge in [0.1, 0.15) is 12.7 Å². The van der Waals surface area contributed by atoms with Gasteiger partial charge in [-0.15, -0.1) is 0 Å². The summed E-state index contributed by atoms with van der Waals surface area (Å²) < 4.78 is 21.1. The average Bonchev–Trinajstić information content (AvgIpc) is 2.66. The molecule has 8 nitrogen and oxygen atoms in total. The Balaban J connectivity index is 5.96. The van der Waals surface area contributed by atoms with Crippen molar-refractivity contribution in [1.82, 2.24) is 0 Å². The summed E-state index contributed by atoms with van der Waals surface area (Å²) in [4.78, 5) is 47.3. The van der Waals surface area contributed by atoms with Gasteiger partial charge in [-0.25, -0.2) is 0 Å². The molecule has 0 aliphatic carbocycles. The molecular weight excluding hydrogens is 460 g/mol. The Kier molecular flexibility index (Phi) is 14.0. The highest BCUT2D eigenvalue weighted by molar-refractivity contribution is 7.81. The van der Waals surface area contributed by atoms with E-state index in [9.17, 15) is 19.2 Å². The van der Waals surface area contributed by atoms with Gasteiger partial charge in [0, 0.05) is 0 Å². The van der Waals surface area contributed by atoms with Crippen LogP contribution >= 0.6 is 50.5 Å². The van der Waals surface area contributed by atoms with Crippen molar-refractivity contribution in [3.8, 4) is 0 Å². The minimum atomic E-state index is -1.24. The van der Waals surface area contributed by atoms with Crippen LogP contribution in [0.4, 0.5) is 0 Å². The fourth-order valence-corrected chi connectivity index (χ4v) is 2.55. The molecule has 0 amide bonds. The van der Waals surface area contributed by atoms with Crippen molar-refractivity contribution < 1.29 is 38.1 Å². The zero-order valence-corrected chi connectivity index (χ0v) is 20.1. The maximum Gasteiger partial charge on any atom is 0.316 e. The van der Waals surface area contributed by atoms with Crippen LogP contribution in [-0.2, 0) is 38.1 Å². The molecule has 0 aliphatic rings. The summed E-state index contributed by atoms with van der Waals surface area (Å²) in [6.07, 6.45) is -3.21. The number of thiol groups is 4. The summed E-state index contributed by atoms with van der Waals surface area (Å²) in [7, 11) is 0. The highest BCUT2D eigenvalue weighted by atomic mass is 32.1. The Bertz CT molecular complexity index is 564. The lowest BCUT2D eigenvalue weighted by Crippen LogP contribution is -2.49. The van der Waals surface area contributed by atoms with Crippen LogP contribution in [-0.4, -0.2) is 71.8 Å². The Hall–Kier alpha value is -0.720. The molecule has 0 rings (SSSR count). The Labute approximate surface area is 192 Å². The van der Waals surface area contributed by atoms with Crippen molar-refractivity contribution in [2.75, 3.05) is 29.6 Å². The quantitative estimate of drug-likeness (QED) is 0.186. The monoisotopic (exact) mass is 488 g/mol. The second-order valence-corrected chi connectivity index (χ2v) is 8.36. The number of hydrogen-bond donors (Lipinski definition) is 4. The lowest BCUT2D eigenvalue weighted by atomic mass is 9.86. The Morgan fingerprint density at radius 3 is 1.52 bits per heavy atom. The van der Waals surface area contributed by atoms with Crippen LogP contribution in [0.2, 0.25) is 0 Å². The van der Waals surface area contributed by atoms with Gasteiger partial charge in [-0.2, -0.15) is 50.5 Å². The third-order valence-electron chi connectivity index (χ3n) is 3.30. The first-order valence-electron chi connectivity index (χ1n) is 8.64. The van der Waals surface area contributed by atoms with Crippen LogP contribution in [0, 0.1) is 5.41 Å². The highest BCUT2D eigenvalue weighted by Gasteiger charge is 2.40. The van der Waals surface area contributed by atoms with Crippen molar-refractivity contribution in [2.24, 2.45) is 5.41 Å². The van der Waals surface area contributed by atoms with Crippen molar-refractivity contribution in [2.45, 2.75) is 45.5 Å². The molecule has 0 aromatic carbocycles. The summed E-state index contributed by atoms with van der Waals surface area (Å²) in [5, 5.41) is 0. The van der Waals surface area contributed by atoms with Gasteiger partial charge in [-0.1, -0.05) is 20.8 Å². The lowest BCUT2D eigenvalue weighted by Gasteiger charge is -2.35. The van der Waals surface area contributed by atoms with Gasteiger partial charge in [-0.05, 0) is 11.8 Å². The van der Waals surface area contributed by atoms with Crippen LogP contribution < -0.4 is 0 Å². The molecule has 0 heterocycles. The molecule has 0 saturated heterocycles. The number of carbonyl (C=O) groups is 4. The molecule has 12 heteroatoms. The van der Waals surface area contributed by atoms with E-state index in [-0.39, 0.29) is 34.8 Å². The number of carbonyl (C=O) groups excluding carboxylic acids is 4. The summed E-state index contributed by atoms with van der Waals surface area (Å²) >= 11 is 15.4. The predicted octanol–water partition coefficient (Wildman–Crippen LogP) is 1.42. The minimum absolute atomic E-state index is 0.200. The predicted molar refractivity (Wildman–Crippen MR) is 120 cm³/mol. The molecule has 29 heavy (non-hydrogen) atoms. The molecule has 0 N–H and O–H groups in total.